The number of nitrogens with one attached hydrogen (secondary N) is 2. The van der Waals surface area contributed by atoms with Crippen LogP contribution in [0.5, 0.6) is 0 Å². The second-order valence-electron chi connectivity index (χ2n) is 4.23. The molecule has 0 spiro atoms. The van der Waals surface area contributed by atoms with Crippen LogP contribution in [0, 0.1) is 10.1 Å². The van der Waals surface area contributed by atoms with Crippen molar-refractivity contribution in [3.8, 4) is 0 Å². The van der Waals surface area contributed by atoms with Gasteiger partial charge in [0.1, 0.15) is 11.0 Å². The van der Waals surface area contributed by atoms with Crippen molar-refractivity contribution in [3.05, 3.63) is 63.9 Å². The molecule has 22 heavy (non-hydrogen) atoms. The molecule has 0 aliphatic carbocycles. The van der Waals surface area contributed by atoms with Crippen LogP contribution in [0.4, 0.5) is 5.88 Å². The van der Waals surface area contributed by atoms with Gasteiger partial charge in [-0.05, 0) is 11.6 Å². The van der Waals surface area contributed by atoms with Gasteiger partial charge in [0.15, 0.2) is 0 Å². The van der Waals surface area contributed by atoms with Crippen molar-refractivity contribution in [3.63, 3.8) is 0 Å². The summed E-state index contributed by atoms with van der Waals surface area (Å²) < 4.78 is 4.69. The fourth-order valence-electron chi connectivity index (χ4n) is 1.62. The molecule has 9 nitrogen and oxygen atoms in total. The van der Waals surface area contributed by atoms with Crippen molar-refractivity contribution in [1.29, 1.82) is 0 Å². The molecule has 2 rings (SSSR count). The molecule has 0 unspecified atom stereocenters. The summed E-state index contributed by atoms with van der Waals surface area (Å²) in [6, 6.07) is 9.76. The van der Waals surface area contributed by atoms with Crippen LogP contribution in [0.3, 0.4) is 0 Å². The Bertz CT molecular complexity index is 697. The molecular formula is C13H12N4O5. The fourth-order valence-corrected chi connectivity index (χ4v) is 1.62. The maximum Gasteiger partial charge on any atom is 0.433 e. The van der Waals surface area contributed by atoms with Crippen molar-refractivity contribution in [2.24, 2.45) is 5.73 Å². The molecule has 0 fully saturated rings. The van der Waals surface area contributed by atoms with E-state index in [0.717, 1.165) is 12.1 Å². The Kier molecular flexibility index (Phi) is 4.49. The van der Waals surface area contributed by atoms with Crippen LogP contribution in [0.15, 0.2) is 46.9 Å². The van der Waals surface area contributed by atoms with Gasteiger partial charge >= 0.3 is 11.8 Å². The van der Waals surface area contributed by atoms with E-state index in [0.29, 0.717) is 5.56 Å². The second-order valence-corrected chi connectivity index (χ2v) is 4.23. The molecule has 2 amide bonds. The van der Waals surface area contributed by atoms with E-state index >= 15 is 0 Å². The summed E-state index contributed by atoms with van der Waals surface area (Å²) in [5.74, 6) is -2.35. The molecule has 1 heterocycles. The number of carbonyl (C=O) groups is 2. The molecule has 9 heteroatoms. The number of nitro groups is 1. The van der Waals surface area contributed by atoms with Crippen molar-refractivity contribution in [2.45, 2.75) is 6.04 Å². The van der Waals surface area contributed by atoms with Gasteiger partial charge in [0.25, 0.3) is 5.91 Å². The molecule has 0 aliphatic rings. The van der Waals surface area contributed by atoms with Gasteiger partial charge in [-0.1, -0.05) is 30.3 Å². The van der Waals surface area contributed by atoms with Gasteiger partial charge in [0.2, 0.25) is 5.76 Å². The number of rotatable bonds is 4. The van der Waals surface area contributed by atoms with E-state index < -0.39 is 28.7 Å². The monoisotopic (exact) mass is 304 g/mol. The molecule has 2 aromatic rings. The highest BCUT2D eigenvalue weighted by atomic mass is 16.6. The highest BCUT2D eigenvalue weighted by molar-refractivity contribution is 5.93. The first-order valence-corrected chi connectivity index (χ1v) is 6.14. The SMILES string of the molecule is N[C@@H](C(=O)NNC(=O)c1ccc([N+](=O)[O-])o1)c1ccccc1. The smallest absolute Gasteiger partial charge is 0.395 e. The minimum Gasteiger partial charge on any atom is -0.395 e. The number of nitrogens with zero attached hydrogens (tertiary/aromatic N) is 1. The number of amides is 2. The summed E-state index contributed by atoms with van der Waals surface area (Å²) in [6.45, 7) is 0. The Morgan fingerprint density at radius 1 is 1.14 bits per heavy atom. The third-order valence-electron chi connectivity index (χ3n) is 2.74. The summed E-state index contributed by atoms with van der Waals surface area (Å²) in [4.78, 5) is 33.1. The average Bonchev–Trinajstić information content (AvgIpc) is 3.02. The number of furan rings is 1. The van der Waals surface area contributed by atoms with Gasteiger partial charge in [-0.15, -0.1) is 0 Å². The zero-order valence-corrected chi connectivity index (χ0v) is 11.2. The van der Waals surface area contributed by atoms with Gasteiger partial charge in [0, 0.05) is 0 Å². The maximum atomic E-state index is 11.8. The number of benzene rings is 1. The average molecular weight is 304 g/mol. The van der Waals surface area contributed by atoms with Crippen LogP contribution < -0.4 is 16.6 Å². The summed E-state index contributed by atoms with van der Waals surface area (Å²) in [7, 11) is 0. The van der Waals surface area contributed by atoms with Crippen molar-refractivity contribution < 1.29 is 18.9 Å². The van der Waals surface area contributed by atoms with Crippen molar-refractivity contribution in [2.75, 3.05) is 0 Å². The van der Waals surface area contributed by atoms with Gasteiger partial charge in [-0.3, -0.25) is 30.6 Å². The van der Waals surface area contributed by atoms with Crippen LogP contribution in [0.2, 0.25) is 0 Å². The lowest BCUT2D eigenvalue weighted by Gasteiger charge is -2.12. The minimum atomic E-state index is -0.965. The van der Waals surface area contributed by atoms with Gasteiger partial charge in [0.05, 0.1) is 6.07 Å². The lowest BCUT2D eigenvalue weighted by atomic mass is 10.1. The summed E-state index contributed by atoms with van der Waals surface area (Å²) in [5.41, 5.74) is 10.5. The number of carbonyl (C=O) groups excluding carboxylic acids is 2. The summed E-state index contributed by atoms with van der Waals surface area (Å²) in [5, 5.41) is 10.4. The molecule has 114 valence electrons. The predicted molar refractivity (Wildman–Crippen MR) is 74.3 cm³/mol. The van der Waals surface area contributed by atoms with Crippen LogP contribution in [-0.2, 0) is 4.79 Å². The first-order chi connectivity index (χ1) is 10.5. The number of hydrazine groups is 1. The number of nitrogens with two attached hydrogens (primary N) is 1. The quantitative estimate of drug-likeness (QED) is 0.559. The normalized spacial score (nSPS) is 11.5. The molecular weight excluding hydrogens is 292 g/mol. The van der Waals surface area contributed by atoms with E-state index in [1.54, 1.807) is 30.3 Å². The highest BCUT2D eigenvalue weighted by Crippen LogP contribution is 2.15. The zero-order valence-electron chi connectivity index (χ0n) is 11.2. The Balaban J connectivity index is 1.93. The molecule has 0 radical (unpaired) electrons. The topological polar surface area (TPSA) is 140 Å². The van der Waals surface area contributed by atoms with Crippen LogP contribution in [0.1, 0.15) is 22.2 Å². The Morgan fingerprint density at radius 3 is 2.41 bits per heavy atom. The van der Waals surface area contributed by atoms with Crippen LogP contribution in [-0.4, -0.2) is 16.7 Å². The number of hydrogen-bond acceptors (Lipinski definition) is 6. The lowest BCUT2D eigenvalue weighted by molar-refractivity contribution is -0.402. The van der Waals surface area contributed by atoms with E-state index in [9.17, 15) is 19.7 Å². The van der Waals surface area contributed by atoms with E-state index in [1.807, 2.05) is 0 Å². The summed E-state index contributed by atoms with van der Waals surface area (Å²) >= 11 is 0. The zero-order chi connectivity index (χ0) is 16.1. The van der Waals surface area contributed by atoms with E-state index in [4.69, 9.17) is 10.2 Å². The molecule has 1 aromatic heterocycles. The number of hydrogen-bond donors (Lipinski definition) is 3. The maximum absolute atomic E-state index is 11.8. The van der Waals surface area contributed by atoms with Gasteiger partial charge in [-0.25, -0.2) is 0 Å². The molecule has 0 aliphatic heterocycles. The standard InChI is InChI=1S/C13H12N4O5/c14-11(8-4-2-1-3-5-8)13(19)16-15-12(18)9-6-7-10(22-9)17(20)21/h1-7,11H,14H2,(H,15,18)(H,16,19)/t11-/m1/s1. The molecule has 0 bridgehead atoms. The molecule has 4 N–H and O–H groups in total. The second kappa shape index (κ2) is 6.50. The van der Waals surface area contributed by atoms with E-state index in [-0.39, 0.29) is 5.76 Å². The molecule has 0 saturated heterocycles. The minimum absolute atomic E-state index is 0.305. The van der Waals surface area contributed by atoms with Crippen LogP contribution in [0.25, 0.3) is 0 Å². The Hall–Kier alpha value is -3.20. The third kappa shape index (κ3) is 3.46. The van der Waals surface area contributed by atoms with Crippen molar-refractivity contribution >= 4 is 17.7 Å². The first-order valence-electron chi connectivity index (χ1n) is 6.14. The van der Waals surface area contributed by atoms with Crippen LogP contribution >= 0.6 is 0 Å². The fraction of sp³-hybridized carbons (Fsp3) is 0.0769. The Morgan fingerprint density at radius 2 is 1.82 bits per heavy atom. The highest BCUT2D eigenvalue weighted by Gasteiger charge is 2.19. The first kappa shape index (κ1) is 15.2. The third-order valence-corrected chi connectivity index (χ3v) is 2.74. The van der Waals surface area contributed by atoms with Crippen molar-refractivity contribution in [1.82, 2.24) is 10.9 Å². The summed E-state index contributed by atoms with van der Waals surface area (Å²) in [6.07, 6.45) is 0. The predicted octanol–water partition coefficient (Wildman–Crippen LogP) is 0.649. The lowest BCUT2D eigenvalue weighted by Crippen LogP contribution is -2.45. The largest absolute Gasteiger partial charge is 0.433 e. The van der Waals surface area contributed by atoms with E-state index in [1.165, 1.54) is 0 Å². The molecule has 0 saturated carbocycles. The Labute approximate surface area is 124 Å². The molecule has 1 aromatic carbocycles. The van der Waals surface area contributed by atoms with Gasteiger partial charge in [-0.2, -0.15) is 0 Å². The van der Waals surface area contributed by atoms with E-state index in [2.05, 4.69) is 10.9 Å². The molecule has 1 atom stereocenters. The van der Waals surface area contributed by atoms with Gasteiger partial charge < -0.3 is 10.2 Å².